The number of halogens is 2. The standard InChI is InChI=1S/C27H20ClFN4O4S/c1-16-11-17(3-6-21(16)28)20-13-25(37-2)24(14-22(20)29)33-23-7-5-19(12-18(23)4-8-27(33)34)38(35,36)32-26-15-30-9-10-31-26/h3-15H,1-2H3,(H,31,32). The number of aryl methyl sites for hydroxylation is 1. The molecule has 1 N–H and O–H groups in total. The summed E-state index contributed by atoms with van der Waals surface area (Å²) in [5, 5.41) is 1.000. The molecule has 2 aromatic heterocycles. The predicted molar refractivity (Wildman–Crippen MR) is 144 cm³/mol. The zero-order valence-corrected chi connectivity index (χ0v) is 21.7. The van der Waals surface area contributed by atoms with E-state index in [0.29, 0.717) is 21.5 Å². The normalized spacial score (nSPS) is 11.5. The average Bonchev–Trinajstić information content (AvgIpc) is 2.90. The van der Waals surface area contributed by atoms with Crippen LogP contribution in [0.2, 0.25) is 5.02 Å². The van der Waals surface area contributed by atoms with Crippen molar-refractivity contribution in [1.29, 1.82) is 0 Å². The summed E-state index contributed by atoms with van der Waals surface area (Å²) in [4.78, 5) is 20.7. The van der Waals surface area contributed by atoms with Crippen molar-refractivity contribution in [2.75, 3.05) is 11.8 Å². The van der Waals surface area contributed by atoms with Crippen molar-refractivity contribution in [3.05, 3.63) is 106 Å². The molecule has 0 fully saturated rings. The number of rotatable bonds is 6. The molecule has 0 amide bonds. The summed E-state index contributed by atoms with van der Waals surface area (Å²) >= 11 is 6.12. The molecule has 0 radical (unpaired) electrons. The Bertz CT molecular complexity index is 1860. The van der Waals surface area contributed by atoms with Crippen LogP contribution in [0.4, 0.5) is 10.2 Å². The number of benzene rings is 3. The first-order chi connectivity index (χ1) is 18.2. The first-order valence-corrected chi connectivity index (χ1v) is 13.1. The van der Waals surface area contributed by atoms with E-state index in [-0.39, 0.29) is 27.7 Å². The largest absolute Gasteiger partial charge is 0.495 e. The smallest absolute Gasteiger partial charge is 0.263 e. The molecule has 2 heterocycles. The Morgan fingerprint density at radius 1 is 1.03 bits per heavy atom. The lowest BCUT2D eigenvalue weighted by Crippen LogP contribution is -2.19. The minimum absolute atomic E-state index is 0.0487. The number of ether oxygens (including phenoxy) is 1. The molecule has 0 bridgehead atoms. The van der Waals surface area contributed by atoms with E-state index < -0.39 is 21.4 Å². The molecule has 0 aliphatic carbocycles. The molecule has 8 nitrogen and oxygen atoms in total. The first-order valence-electron chi connectivity index (χ1n) is 11.3. The molecular weight excluding hydrogens is 531 g/mol. The van der Waals surface area contributed by atoms with Crippen molar-refractivity contribution in [2.24, 2.45) is 0 Å². The summed E-state index contributed by atoms with van der Waals surface area (Å²) in [5.74, 6) is -0.253. The topological polar surface area (TPSA) is 103 Å². The lowest BCUT2D eigenvalue weighted by molar-refractivity contribution is 0.412. The van der Waals surface area contributed by atoms with Gasteiger partial charge in [-0.2, -0.15) is 0 Å². The lowest BCUT2D eigenvalue weighted by Gasteiger charge is -2.17. The third kappa shape index (κ3) is 4.71. The highest BCUT2D eigenvalue weighted by molar-refractivity contribution is 7.92. The van der Waals surface area contributed by atoms with Crippen molar-refractivity contribution in [1.82, 2.24) is 14.5 Å². The van der Waals surface area contributed by atoms with E-state index >= 15 is 4.39 Å². The summed E-state index contributed by atoms with van der Waals surface area (Å²) in [7, 11) is -2.57. The van der Waals surface area contributed by atoms with Gasteiger partial charge in [-0.15, -0.1) is 0 Å². The number of methoxy groups -OCH3 is 1. The van der Waals surface area contributed by atoms with Crippen molar-refractivity contribution >= 4 is 38.3 Å². The molecular formula is C27H20ClFN4O4S. The van der Waals surface area contributed by atoms with Gasteiger partial charge in [-0.1, -0.05) is 17.7 Å². The molecule has 192 valence electrons. The van der Waals surface area contributed by atoms with E-state index in [0.717, 1.165) is 5.56 Å². The molecule has 0 spiro atoms. The van der Waals surface area contributed by atoms with Crippen LogP contribution >= 0.6 is 11.6 Å². The fourth-order valence-electron chi connectivity index (χ4n) is 4.10. The Morgan fingerprint density at radius 2 is 1.84 bits per heavy atom. The maximum absolute atomic E-state index is 15.4. The molecule has 3 aromatic carbocycles. The Kier molecular flexibility index (Phi) is 6.60. The van der Waals surface area contributed by atoms with E-state index in [1.54, 1.807) is 18.2 Å². The van der Waals surface area contributed by atoms with Crippen LogP contribution in [0, 0.1) is 12.7 Å². The number of nitrogens with zero attached hydrogens (tertiary/aromatic N) is 3. The number of anilines is 1. The van der Waals surface area contributed by atoms with E-state index in [9.17, 15) is 13.2 Å². The number of aromatic nitrogens is 3. The lowest BCUT2D eigenvalue weighted by atomic mass is 10.0. The second-order valence-corrected chi connectivity index (χ2v) is 10.5. The second kappa shape index (κ2) is 9.88. The zero-order valence-electron chi connectivity index (χ0n) is 20.1. The summed E-state index contributed by atoms with van der Waals surface area (Å²) in [6.07, 6.45) is 4.07. The number of sulfonamides is 1. The first kappa shape index (κ1) is 25.4. The van der Waals surface area contributed by atoms with Crippen LogP contribution in [0.1, 0.15) is 5.56 Å². The van der Waals surface area contributed by atoms with Crippen LogP contribution < -0.4 is 15.0 Å². The zero-order chi connectivity index (χ0) is 27.0. The number of pyridine rings is 1. The maximum atomic E-state index is 15.4. The Balaban J connectivity index is 1.63. The van der Waals surface area contributed by atoms with E-state index in [1.165, 1.54) is 72.7 Å². The van der Waals surface area contributed by atoms with Gasteiger partial charge in [-0.25, -0.2) is 17.8 Å². The fraction of sp³-hybridized carbons (Fsp3) is 0.0741. The van der Waals surface area contributed by atoms with Crippen LogP contribution in [0.5, 0.6) is 5.75 Å². The van der Waals surface area contributed by atoms with Gasteiger partial charge in [-0.05, 0) is 60.5 Å². The van der Waals surface area contributed by atoms with Gasteiger partial charge in [0.2, 0.25) is 0 Å². The van der Waals surface area contributed by atoms with Crippen LogP contribution in [-0.2, 0) is 10.0 Å². The van der Waals surface area contributed by atoms with Gasteiger partial charge in [0.05, 0.1) is 29.4 Å². The highest BCUT2D eigenvalue weighted by Gasteiger charge is 2.19. The minimum atomic E-state index is -3.99. The van der Waals surface area contributed by atoms with E-state index in [2.05, 4.69) is 14.7 Å². The van der Waals surface area contributed by atoms with Crippen molar-refractivity contribution in [3.8, 4) is 22.6 Å². The van der Waals surface area contributed by atoms with Crippen molar-refractivity contribution < 1.29 is 17.5 Å². The molecule has 0 aliphatic rings. The molecule has 0 unspecified atom stereocenters. The second-order valence-electron chi connectivity index (χ2n) is 8.39. The summed E-state index contributed by atoms with van der Waals surface area (Å²) in [5.41, 5.74) is 1.76. The molecule has 5 rings (SSSR count). The van der Waals surface area contributed by atoms with E-state index in [4.69, 9.17) is 16.3 Å². The Morgan fingerprint density at radius 3 is 2.55 bits per heavy atom. The maximum Gasteiger partial charge on any atom is 0.263 e. The summed E-state index contributed by atoms with van der Waals surface area (Å²) in [6.45, 7) is 1.82. The van der Waals surface area contributed by atoms with Gasteiger partial charge in [0.15, 0.2) is 5.82 Å². The quantitative estimate of drug-likeness (QED) is 0.305. The van der Waals surface area contributed by atoms with Gasteiger partial charge >= 0.3 is 0 Å². The molecule has 0 saturated heterocycles. The molecule has 11 heteroatoms. The molecule has 5 aromatic rings. The number of hydrogen-bond acceptors (Lipinski definition) is 6. The molecule has 0 atom stereocenters. The van der Waals surface area contributed by atoms with Gasteiger partial charge in [-0.3, -0.25) is 19.1 Å². The Hall–Kier alpha value is -4.28. The van der Waals surface area contributed by atoms with Crippen LogP contribution in [0.3, 0.4) is 0 Å². The average molecular weight is 551 g/mol. The predicted octanol–water partition coefficient (Wildman–Crippen LogP) is 5.36. The number of hydrogen-bond donors (Lipinski definition) is 1. The highest BCUT2D eigenvalue weighted by atomic mass is 35.5. The van der Waals surface area contributed by atoms with Gasteiger partial charge in [0, 0.05) is 40.5 Å². The van der Waals surface area contributed by atoms with Crippen molar-refractivity contribution in [3.63, 3.8) is 0 Å². The molecule has 38 heavy (non-hydrogen) atoms. The summed E-state index contributed by atoms with van der Waals surface area (Å²) in [6, 6.07) is 14.9. The van der Waals surface area contributed by atoms with Crippen LogP contribution in [0.15, 0.2) is 88.9 Å². The van der Waals surface area contributed by atoms with Gasteiger partial charge in [0.25, 0.3) is 15.6 Å². The number of fused-ring (bicyclic) bond motifs is 1. The number of nitrogens with one attached hydrogen (secondary N) is 1. The van der Waals surface area contributed by atoms with Crippen molar-refractivity contribution in [2.45, 2.75) is 11.8 Å². The van der Waals surface area contributed by atoms with Gasteiger partial charge in [0.1, 0.15) is 11.6 Å². The molecule has 0 aliphatic heterocycles. The Labute approximate surface area is 222 Å². The third-order valence-corrected chi connectivity index (χ3v) is 7.73. The summed E-state index contributed by atoms with van der Waals surface area (Å²) < 4.78 is 50.4. The van der Waals surface area contributed by atoms with Crippen LogP contribution in [-0.4, -0.2) is 30.1 Å². The molecule has 0 saturated carbocycles. The van der Waals surface area contributed by atoms with Crippen LogP contribution in [0.25, 0.3) is 27.7 Å². The third-order valence-electron chi connectivity index (χ3n) is 5.96. The minimum Gasteiger partial charge on any atom is -0.495 e. The van der Waals surface area contributed by atoms with Gasteiger partial charge < -0.3 is 4.74 Å². The monoisotopic (exact) mass is 550 g/mol. The van der Waals surface area contributed by atoms with E-state index in [1.807, 2.05) is 6.92 Å². The SMILES string of the molecule is COc1cc(-c2ccc(Cl)c(C)c2)c(F)cc1-n1c(=O)ccc2cc(S(=O)(=O)Nc3cnccn3)ccc21. The fourth-order valence-corrected chi connectivity index (χ4v) is 5.25. The highest BCUT2D eigenvalue weighted by Crippen LogP contribution is 2.35.